The van der Waals surface area contributed by atoms with E-state index < -0.39 is 10.0 Å². The summed E-state index contributed by atoms with van der Waals surface area (Å²) >= 11 is 2.78. The van der Waals surface area contributed by atoms with Crippen molar-refractivity contribution in [1.82, 2.24) is 14.6 Å². The lowest BCUT2D eigenvalue weighted by molar-refractivity contribution is -0.121. The molecule has 138 valence electrons. The fourth-order valence-electron chi connectivity index (χ4n) is 2.29. The third-order valence-corrected chi connectivity index (χ3v) is 8.20. The van der Waals surface area contributed by atoms with Crippen LogP contribution in [0, 0.1) is 0 Å². The molecule has 1 amide bonds. The lowest BCUT2D eigenvalue weighted by Gasteiger charge is -2.08. The minimum Gasteiger partial charge on any atom is -0.351 e. The van der Waals surface area contributed by atoms with Crippen molar-refractivity contribution in [1.29, 1.82) is 0 Å². The second-order valence-electron chi connectivity index (χ2n) is 5.86. The molecule has 0 bridgehead atoms. The molecule has 2 aromatic heterocycles. The standard InChI is InChI=1S/C17H19N3O3S3/c1-20(2)26(22,23)17-10-7-12(24-17)11-18-15(21)8-9-16-19-13-5-3-4-6-14(13)25-16/h3-7,10H,8-9,11H2,1-2H3,(H,18,21). The van der Waals surface area contributed by atoms with Crippen LogP contribution in [0.4, 0.5) is 0 Å². The summed E-state index contributed by atoms with van der Waals surface area (Å²) in [5.74, 6) is -0.0744. The van der Waals surface area contributed by atoms with Crippen LogP contribution in [0.15, 0.2) is 40.6 Å². The van der Waals surface area contributed by atoms with Crippen molar-refractivity contribution in [2.24, 2.45) is 0 Å². The van der Waals surface area contributed by atoms with E-state index in [1.807, 2.05) is 24.3 Å². The Kier molecular flexibility index (Phi) is 5.71. The second-order valence-corrected chi connectivity index (χ2v) is 10.5. The topological polar surface area (TPSA) is 79.4 Å². The Morgan fingerprint density at radius 3 is 2.65 bits per heavy atom. The van der Waals surface area contributed by atoms with E-state index in [1.54, 1.807) is 23.5 Å². The molecule has 1 N–H and O–H groups in total. The number of carbonyl (C=O) groups excluding carboxylic acids is 1. The van der Waals surface area contributed by atoms with E-state index in [2.05, 4.69) is 10.3 Å². The van der Waals surface area contributed by atoms with Crippen molar-refractivity contribution in [3.63, 3.8) is 0 Å². The zero-order chi connectivity index (χ0) is 18.7. The number of thiazole rings is 1. The first-order chi connectivity index (χ1) is 12.4. The summed E-state index contributed by atoms with van der Waals surface area (Å²) in [5.41, 5.74) is 0.959. The molecule has 3 rings (SSSR count). The maximum Gasteiger partial charge on any atom is 0.252 e. The zero-order valence-corrected chi connectivity index (χ0v) is 16.9. The first-order valence-electron chi connectivity index (χ1n) is 7.98. The first kappa shape index (κ1) is 19.0. The molecule has 6 nitrogen and oxygen atoms in total. The maximum absolute atomic E-state index is 12.1. The van der Waals surface area contributed by atoms with E-state index in [4.69, 9.17) is 0 Å². The Labute approximate surface area is 160 Å². The van der Waals surface area contributed by atoms with Crippen LogP contribution in [0.1, 0.15) is 16.3 Å². The number of hydrogen-bond donors (Lipinski definition) is 1. The van der Waals surface area contributed by atoms with Gasteiger partial charge in [-0.15, -0.1) is 22.7 Å². The van der Waals surface area contributed by atoms with Crippen LogP contribution in [-0.4, -0.2) is 37.7 Å². The minimum absolute atomic E-state index is 0.0744. The molecule has 0 saturated carbocycles. The smallest absolute Gasteiger partial charge is 0.252 e. The number of nitrogens with zero attached hydrogens (tertiary/aromatic N) is 2. The van der Waals surface area contributed by atoms with E-state index in [-0.39, 0.29) is 10.1 Å². The molecule has 0 unspecified atom stereocenters. The number of aryl methyl sites for hydroxylation is 1. The third-order valence-electron chi connectivity index (χ3n) is 3.74. The zero-order valence-electron chi connectivity index (χ0n) is 14.4. The van der Waals surface area contributed by atoms with E-state index in [0.29, 0.717) is 19.4 Å². The van der Waals surface area contributed by atoms with Crippen molar-refractivity contribution in [2.45, 2.75) is 23.6 Å². The van der Waals surface area contributed by atoms with E-state index >= 15 is 0 Å². The number of para-hydroxylation sites is 1. The Morgan fingerprint density at radius 2 is 1.92 bits per heavy atom. The fraction of sp³-hybridized carbons (Fsp3) is 0.294. The number of hydrogen-bond acceptors (Lipinski definition) is 6. The molecular weight excluding hydrogens is 390 g/mol. The van der Waals surface area contributed by atoms with E-state index in [0.717, 1.165) is 20.1 Å². The van der Waals surface area contributed by atoms with E-state index in [1.165, 1.54) is 29.7 Å². The van der Waals surface area contributed by atoms with Crippen LogP contribution in [-0.2, 0) is 27.8 Å². The molecule has 0 atom stereocenters. The highest BCUT2D eigenvalue weighted by atomic mass is 32.2. The molecule has 0 saturated heterocycles. The lowest BCUT2D eigenvalue weighted by Crippen LogP contribution is -2.22. The molecule has 9 heteroatoms. The molecule has 2 heterocycles. The predicted octanol–water partition coefficient (Wildman–Crippen LogP) is 2.86. The predicted molar refractivity (Wildman–Crippen MR) is 105 cm³/mol. The molecule has 0 spiro atoms. The summed E-state index contributed by atoms with van der Waals surface area (Å²) in [5, 5.41) is 3.78. The summed E-state index contributed by atoms with van der Waals surface area (Å²) < 4.78 is 26.7. The Balaban J connectivity index is 1.52. The van der Waals surface area contributed by atoms with Gasteiger partial charge in [-0.05, 0) is 24.3 Å². The molecule has 0 fully saturated rings. The number of benzene rings is 1. The minimum atomic E-state index is -3.42. The number of thiophene rings is 1. The van der Waals surface area contributed by atoms with Gasteiger partial charge in [0.2, 0.25) is 5.91 Å². The van der Waals surface area contributed by atoms with Gasteiger partial charge >= 0.3 is 0 Å². The highest BCUT2D eigenvalue weighted by Crippen LogP contribution is 2.24. The summed E-state index contributed by atoms with van der Waals surface area (Å²) in [7, 11) is -0.424. The van der Waals surface area contributed by atoms with Crippen molar-refractivity contribution in [3.8, 4) is 0 Å². The van der Waals surface area contributed by atoms with Gasteiger partial charge in [-0.3, -0.25) is 4.79 Å². The highest BCUT2D eigenvalue weighted by Gasteiger charge is 2.19. The van der Waals surface area contributed by atoms with Gasteiger partial charge in [-0.2, -0.15) is 0 Å². The maximum atomic E-state index is 12.1. The second kappa shape index (κ2) is 7.83. The average Bonchev–Trinajstić information content (AvgIpc) is 3.24. The number of carbonyl (C=O) groups is 1. The van der Waals surface area contributed by atoms with Gasteiger partial charge in [-0.25, -0.2) is 17.7 Å². The van der Waals surface area contributed by atoms with Gasteiger partial charge in [0.05, 0.1) is 21.8 Å². The summed E-state index contributed by atoms with van der Waals surface area (Å²) in [6.07, 6.45) is 0.948. The van der Waals surface area contributed by atoms with Crippen molar-refractivity contribution in [2.75, 3.05) is 14.1 Å². The number of amides is 1. The van der Waals surface area contributed by atoms with Gasteiger partial charge in [0, 0.05) is 31.8 Å². The Hall–Kier alpha value is -1.81. The van der Waals surface area contributed by atoms with Gasteiger partial charge in [-0.1, -0.05) is 12.1 Å². The Bertz CT molecular complexity index is 989. The molecule has 0 aliphatic rings. The van der Waals surface area contributed by atoms with Gasteiger partial charge in [0.15, 0.2) is 0 Å². The molecule has 0 aliphatic carbocycles. The average molecular weight is 410 g/mol. The molecular formula is C17H19N3O3S3. The van der Waals surface area contributed by atoms with Crippen LogP contribution in [0.3, 0.4) is 0 Å². The summed E-state index contributed by atoms with van der Waals surface area (Å²) in [6.45, 7) is 0.326. The monoisotopic (exact) mass is 409 g/mol. The first-order valence-corrected chi connectivity index (χ1v) is 11.1. The number of aromatic nitrogens is 1. The normalized spacial score (nSPS) is 12.0. The quantitative estimate of drug-likeness (QED) is 0.651. The highest BCUT2D eigenvalue weighted by molar-refractivity contribution is 7.91. The van der Waals surface area contributed by atoms with Crippen molar-refractivity contribution >= 4 is 48.8 Å². The summed E-state index contributed by atoms with van der Waals surface area (Å²) in [6, 6.07) is 11.2. The fourth-order valence-corrected chi connectivity index (χ4v) is 5.72. The largest absolute Gasteiger partial charge is 0.351 e. The van der Waals surface area contributed by atoms with Crippen LogP contribution in [0.2, 0.25) is 0 Å². The van der Waals surface area contributed by atoms with Gasteiger partial charge in [0.25, 0.3) is 10.0 Å². The molecule has 1 aromatic carbocycles. The number of fused-ring (bicyclic) bond motifs is 1. The van der Waals surface area contributed by atoms with Gasteiger partial charge < -0.3 is 5.32 Å². The SMILES string of the molecule is CN(C)S(=O)(=O)c1ccc(CNC(=O)CCc2nc3ccccc3s2)s1. The van der Waals surface area contributed by atoms with Crippen LogP contribution >= 0.6 is 22.7 Å². The number of nitrogens with one attached hydrogen (secondary N) is 1. The molecule has 26 heavy (non-hydrogen) atoms. The third kappa shape index (κ3) is 4.29. The number of sulfonamides is 1. The number of rotatable bonds is 7. The van der Waals surface area contributed by atoms with Gasteiger partial charge in [0.1, 0.15) is 4.21 Å². The Morgan fingerprint density at radius 1 is 1.15 bits per heavy atom. The van der Waals surface area contributed by atoms with Crippen molar-refractivity contribution < 1.29 is 13.2 Å². The van der Waals surface area contributed by atoms with Crippen LogP contribution in [0.5, 0.6) is 0 Å². The van der Waals surface area contributed by atoms with E-state index in [9.17, 15) is 13.2 Å². The molecule has 0 aliphatic heterocycles. The lowest BCUT2D eigenvalue weighted by atomic mass is 10.3. The van der Waals surface area contributed by atoms with Crippen LogP contribution in [0.25, 0.3) is 10.2 Å². The summed E-state index contributed by atoms with van der Waals surface area (Å²) in [4.78, 5) is 17.4. The van der Waals surface area contributed by atoms with Crippen molar-refractivity contribution in [3.05, 3.63) is 46.3 Å². The molecule has 3 aromatic rings. The van der Waals surface area contributed by atoms with Crippen LogP contribution < -0.4 is 5.32 Å². The molecule has 0 radical (unpaired) electrons.